The number of imide groups is 1. The maximum atomic E-state index is 10.4. The van der Waals surface area contributed by atoms with E-state index in [1.807, 2.05) is 0 Å². The number of carboxylic acid groups (broad SMARTS) is 1. The van der Waals surface area contributed by atoms with Crippen LogP contribution < -0.4 is 0 Å². The minimum Gasteiger partial charge on any atom is -0.465 e. The van der Waals surface area contributed by atoms with Crippen molar-refractivity contribution in [2.45, 2.75) is 6.42 Å². The van der Waals surface area contributed by atoms with Gasteiger partial charge < -0.3 is 5.11 Å². The lowest BCUT2D eigenvalue weighted by Crippen LogP contribution is -2.30. The lowest BCUT2D eigenvalue weighted by molar-refractivity contribution is -0.127. The van der Waals surface area contributed by atoms with Gasteiger partial charge in [-0.15, -0.1) is 0 Å². The molecule has 1 N–H and O–H groups in total. The third-order valence-electron chi connectivity index (χ3n) is 0.875. The summed E-state index contributed by atoms with van der Waals surface area (Å²) in [5, 5.41) is 8.16. The number of carbonyl (C=O) groups is 2. The van der Waals surface area contributed by atoms with Crippen molar-refractivity contribution in [1.82, 2.24) is 4.90 Å². The molecular weight excluding hydrogens is 122 g/mol. The Kier molecular flexibility index (Phi) is 2.70. The number of amides is 2. The van der Waals surface area contributed by atoms with Crippen molar-refractivity contribution in [3.8, 4) is 0 Å². The second-order valence-corrected chi connectivity index (χ2v) is 1.49. The summed E-state index contributed by atoms with van der Waals surface area (Å²) in [4.78, 5) is 21.0. The Morgan fingerprint density at radius 2 is 2.11 bits per heavy atom. The summed E-state index contributed by atoms with van der Waals surface area (Å²) >= 11 is 0. The molecule has 0 aromatic rings. The molecule has 0 rings (SSSR count). The SMILES string of the molecule is [CH2]CC(=O)N(C)C(=O)O. The molecule has 0 aliphatic carbocycles. The van der Waals surface area contributed by atoms with Crippen LogP contribution in [-0.4, -0.2) is 29.1 Å². The largest absolute Gasteiger partial charge is 0.465 e. The highest BCUT2D eigenvalue weighted by Gasteiger charge is 2.11. The van der Waals surface area contributed by atoms with Crippen LogP contribution in [0, 0.1) is 6.92 Å². The number of rotatable bonds is 1. The highest BCUT2D eigenvalue weighted by Crippen LogP contribution is 1.88. The van der Waals surface area contributed by atoms with Gasteiger partial charge in [-0.05, 0) is 6.92 Å². The van der Waals surface area contributed by atoms with E-state index in [0.717, 1.165) is 0 Å². The first-order chi connectivity index (χ1) is 4.09. The number of hydrogen-bond donors (Lipinski definition) is 1. The van der Waals surface area contributed by atoms with Crippen LogP contribution in [0.3, 0.4) is 0 Å². The molecule has 0 unspecified atom stereocenters. The smallest absolute Gasteiger partial charge is 0.413 e. The molecule has 0 saturated carbocycles. The van der Waals surface area contributed by atoms with Gasteiger partial charge in [0, 0.05) is 13.5 Å². The Hall–Kier alpha value is -1.06. The molecule has 2 amide bonds. The summed E-state index contributed by atoms with van der Waals surface area (Å²) in [5.41, 5.74) is 0. The number of carbonyl (C=O) groups excluding carboxylic acids is 1. The molecule has 0 saturated heterocycles. The van der Waals surface area contributed by atoms with Crippen LogP contribution in [0.2, 0.25) is 0 Å². The van der Waals surface area contributed by atoms with Crippen molar-refractivity contribution in [2.24, 2.45) is 0 Å². The summed E-state index contributed by atoms with van der Waals surface area (Å²) in [6.07, 6.45) is -1.27. The van der Waals surface area contributed by atoms with Gasteiger partial charge in [0.1, 0.15) is 0 Å². The van der Waals surface area contributed by atoms with Crippen molar-refractivity contribution < 1.29 is 14.7 Å². The minimum atomic E-state index is -1.25. The standard InChI is InChI=1S/C5H8NO3/c1-3-4(7)6(2)5(8)9/h1,3H2,2H3,(H,8,9). The normalized spacial score (nSPS) is 8.67. The van der Waals surface area contributed by atoms with Gasteiger partial charge in [0.15, 0.2) is 0 Å². The van der Waals surface area contributed by atoms with Gasteiger partial charge >= 0.3 is 6.09 Å². The van der Waals surface area contributed by atoms with E-state index in [1.54, 1.807) is 0 Å². The first kappa shape index (κ1) is 7.94. The summed E-state index contributed by atoms with van der Waals surface area (Å²) in [6.45, 7) is 3.23. The number of hydrogen-bond acceptors (Lipinski definition) is 2. The Morgan fingerprint density at radius 3 is 2.22 bits per heavy atom. The average molecular weight is 130 g/mol. The van der Waals surface area contributed by atoms with E-state index in [1.165, 1.54) is 7.05 Å². The molecule has 9 heavy (non-hydrogen) atoms. The zero-order valence-corrected chi connectivity index (χ0v) is 5.13. The van der Waals surface area contributed by atoms with Crippen molar-refractivity contribution in [1.29, 1.82) is 0 Å². The Morgan fingerprint density at radius 1 is 1.67 bits per heavy atom. The third kappa shape index (κ3) is 2.12. The third-order valence-corrected chi connectivity index (χ3v) is 0.875. The van der Waals surface area contributed by atoms with Crippen LogP contribution in [0.4, 0.5) is 4.79 Å². The van der Waals surface area contributed by atoms with Crippen molar-refractivity contribution >= 4 is 12.0 Å². The zero-order valence-electron chi connectivity index (χ0n) is 5.13. The predicted molar refractivity (Wildman–Crippen MR) is 30.8 cm³/mol. The lowest BCUT2D eigenvalue weighted by atomic mass is 10.4. The molecule has 0 aliphatic rings. The fourth-order valence-electron chi connectivity index (χ4n) is 0.274. The summed E-state index contributed by atoms with van der Waals surface area (Å²) < 4.78 is 0. The molecule has 4 nitrogen and oxygen atoms in total. The van der Waals surface area contributed by atoms with E-state index in [-0.39, 0.29) is 6.42 Å². The topological polar surface area (TPSA) is 57.6 Å². The molecule has 0 heterocycles. The predicted octanol–water partition coefficient (Wildman–Crippen LogP) is 0.347. The van der Waals surface area contributed by atoms with Gasteiger partial charge in [-0.2, -0.15) is 0 Å². The number of nitrogens with zero attached hydrogens (tertiary/aromatic N) is 1. The Bertz CT molecular complexity index is 132. The fourth-order valence-corrected chi connectivity index (χ4v) is 0.274. The van der Waals surface area contributed by atoms with Crippen LogP contribution >= 0.6 is 0 Å². The first-order valence-corrected chi connectivity index (χ1v) is 2.38. The van der Waals surface area contributed by atoms with E-state index < -0.39 is 12.0 Å². The van der Waals surface area contributed by atoms with Gasteiger partial charge in [-0.1, -0.05) is 0 Å². The maximum Gasteiger partial charge on any atom is 0.413 e. The van der Waals surface area contributed by atoms with Crippen LogP contribution in [0.15, 0.2) is 0 Å². The molecule has 0 aromatic heterocycles. The highest BCUT2D eigenvalue weighted by molar-refractivity contribution is 5.90. The van der Waals surface area contributed by atoms with Gasteiger partial charge in [0.05, 0.1) is 0 Å². The van der Waals surface area contributed by atoms with Crippen molar-refractivity contribution in [3.05, 3.63) is 6.92 Å². The van der Waals surface area contributed by atoms with Crippen LogP contribution in [-0.2, 0) is 4.79 Å². The molecule has 1 radical (unpaired) electrons. The van der Waals surface area contributed by atoms with Gasteiger partial charge in [0.25, 0.3) is 0 Å². The quantitative estimate of drug-likeness (QED) is 0.557. The van der Waals surface area contributed by atoms with Crippen molar-refractivity contribution in [2.75, 3.05) is 7.05 Å². The monoisotopic (exact) mass is 130 g/mol. The zero-order chi connectivity index (χ0) is 7.44. The molecule has 0 bridgehead atoms. The lowest BCUT2D eigenvalue weighted by Gasteiger charge is -2.07. The molecule has 0 fully saturated rings. The minimum absolute atomic E-state index is 0.0250. The summed E-state index contributed by atoms with van der Waals surface area (Å²) in [7, 11) is 1.19. The van der Waals surface area contributed by atoms with E-state index >= 15 is 0 Å². The molecule has 51 valence electrons. The van der Waals surface area contributed by atoms with Crippen molar-refractivity contribution in [3.63, 3.8) is 0 Å². The van der Waals surface area contributed by atoms with Gasteiger partial charge in [0.2, 0.25) is 5.91 Å². The summed E-state index contributed by atoms with van der Waals surface area (Å²) in [6, 6.07) is 0. The molecule has 0 aliphatic heterocycles. The Balaban J connectivity index is 3.88. The summed E-state index contributed by atoms with van der Waals surface area (Å²) in [5.74, 6) is -0.498. The van der Waals surface area contributed by atoms with E-state index in [9.17, 15) is 9.59 Å². The van der Waals surface area contributed by atoms with E-state index in [4.69, 9.17) is 5.11 Å². The fraction of sp³-hybridized carbons (Fsp3) is 0.400. The molecular formula is C5H8NO3. The second kappa shape index (κ2) is 3.06. The first-order valence-electron chi connectivity index (χ1n) is 2.38. The van der Waals surface area contributed by atoms with E-state index in [2.05, 4.69) is 6.92 Å². The van der Waals surface area contributed by atoms with Crippen LogP contribution in [0.5, 0.6) is 0 Å². The molecule has 0 atom stereocenters. The average Bonchev–Trinajstić information content (AvgIpc) is 1.84. The van der Waals surface area contributed by atoms with Crippen LogP contribution in [0.25, 0.3) is 0 Å². The maximum absolute atomic E-state index is 10.4. The van der Waals surface area contributed by atoms with Gasteiger partial charge in [-0.25, -0.2) is 4.79 Å². The van der Waals surface area contributed by atoms with E-state index in [0.29, 0.717) is 4.90 Å². The van der Waals surface area contributed by atoms with Crippen LogP contribution in [0.1, 0.15) is 6.42 Å². The second-order valence-electron chi connectivity index (χ2n) is 1.49. The molecule has 4 heteroatoms. The molecule has 0 aromatic carbocycles. The molecule has 0 spiro atoms. The highest BCUT2D eigenvalue weighted by atomic mass is 16.4. The van der Waals surface area contributed by atoms with Gasteiger partial charge in [-0.3, -0.25) is 9.69 Å². The Labute approximate surface area is 53.1 Å².